The first-order chi connectivity index (χ1) is 9.49. The highest BCUT2D eigenvalue weighted by Crippen LogP contribution is 2.31. The zero-order chi connectivity index (χ0) is 14.9. The molecule has 2 aromatic rings. The van der Waals surface area contributed by atoms with Crippen molar-refractivity contribution in [3.63, 3.8) is 0 Å². The number of halogens is 1. The highest BCUT2D eigenvalue weighted by atomic mass is 35.5. The Morgan fingerprint density at radius 1 is 1.25 bits per heavy atom. The van der Waals surface area contributed by atoms with E-state index in [2.05, 4.69) is 35.3 Å². The van der Waals surface area contributed by atoms with Gasteiger partial charge < -0.3 is 9.30 Å². The lowest BCUT2D eigenvalue weighted by molar-refractivity contribution is 0.364. The highest BCUT2D eigenvalue weighted by Gasteiger charge is 2.23. The van der Waals surface area contributed by atoms with Gasteiger partial charge in [0.15, 0.2) is 5.65 Å². The van der Waals surface area contributed by atoms with Gasteiger partial charge in [0.1, 0.15) is 11.3 Å². The lowest BCUT2D eigenvalue weighted by Gasteiger charge is -2.23. The number of imidazole rings is 1. The van der Waals surface area contributed by atoms with E-state index < -0.39 is 0 Å². The molecule has 0 saturated carbocycles. The largest absolute Gasteiger partial charge is 0.481 e. The zero-order valence-electron chi connectivity index (χ0n) is 12.7. The Labute approximate surface area is 125 Å². The average molecular weight is 296 g/mol. The number of fused-ring (bicyclic) bond motifs is 1. The van der Waals surface area contributed by atoms with Gasteiger partial charge in [-0.15, -0.1) is 11.6 Å². The number of hydrogen-bond donors (Lipinski definition) is 0. The normalized spacial score (nSPS) is 16.1. The van der Waals surface area contributed by atoms with Crippen LogP contribution in [-0.4, -0.2) is 21.6 Å². The molecule has 20 heavy (non-hydrogen) atoms. The molecule has 2 aromatic heterocycles. The molecular weight excluding hydrogens is 274 g/mol. The molecule has 110 valence electrons. The van der Waals surface area contributed by atoms with Crippen molar-refractivity contribution in [1.29, 1.82) is 0 Å². The standard InChI is InChI=1S/C15H22ClN3O/c1-6-9(2)11(4)19-14(10(3)16)17-12-7-8-13(20-5)18-15(12)19/h7-11H,6H2,1-5H3. The predicted octanol–water partition coefficient (Wildman–Crippen LogP) is 4.35. The molecule has 5 heteroatoms. The smallest absolute Gasteiger partial charge is 0.215 e. The van der Waals surface area contributed by atoms with Gasteiger partial charge in [-0.1, -0.05) is 20.3 Å². The predicted molar refractivity (Wildman–Crippen MR) is 82.5 cm³/mol. The summed E-state index contributed by atoms with van der Waals surface area (Å²) in [4.78, 5) is 9.19. The minimum atomic E-state index is -0.151. The summed E-state index contributed by atoms with van der Waals surface area (Å²) in [6.45, 7) is 8.57. The third-order valence-corrected chi connectivity index (χ3v) is 4.17. The van der Waals surface area contributed by atoms with Gasteiger partial charge >= 0.3 is 0 Å². The fourth-order valence-corrected chi connectivity index (χ4v) is 2.52. The fourth-order valence-electron chi connectivity index (χ4n) is 2.37. The monoisotopic (exact) mass is 295 g/mol. The molecule has 0 aliphatic carbocycles. The molecule has 0 aliphatic heterocycles. The first kappa shape index (κ1) is 15.1. The summed E-state index contributed by atoms with van der Waals surface area (Å²) in [5, 5.41) is -0.151. The van der Waals surface area contributed by atoms with E-state index in [1.165, 1.54) is 0 Å². The molecule has 0 saturated heterocycles. The van der Waals surface area contributed by atoms with Crippen molar-refractivity contribution in [2.75, 3.05) is 7.11 Å². The van der Waals surface area contributed by atoms with Crippen molar-refractivity contribution >= 4 is 22.8 Å². The lowest BCUT2D eigenvalue weighted by Crippen LogP contribution is -2.17. The van der Waals surface area contributed by atoms with E-state index in [4.69, 9.17) is 16.3 Å². The Morgan fingerprint density at radius 2 is 1.95 bits per heavy atom. The van der Waals surface area contributed by atoms with Crippen LogP contribution in [0.4, 0.5) is 0 Å². The molecule has 0 radical (unpaired) electrons. The highest BCUT2D eigenvalue weighted by molar-refractivity contribution is 6.20. The first-order valence-electron chi connectivity index (χ1n) is 7.06. The van der Waals surface area contributed by atoms with Crippen molar-refractivity contribution in [3.8, 4) is 5.88 Å². The second-order valence-electron chi connectivity index (χ2n) is 5.28. The van der Waals surface area contributed by atoms with E-state index in [1.807, 2.05) is 19.1 Å². The van der Waals surface area contributed by atoms with Gasteiger partial charge in [-0.25, -0.2) is 4.98 Å². The van der Waals surface area contributed by atoms with Crippen LogP contribution in [0.3, 0.4) is 0 Å². The van der Waals surface area contributed by atoms with Crippen molar-refractivity contribution in [2.45, 2.75) is 45.5 Å². The van der Waals surface area contributed by atoms with Gasteiger partial charge in [0, 0.05) is 12.1 Å². The van der Waals surface area contributed by atoms with Crippen LogP contribution in [0.25, 0.3) is 11.2 Å². The number of aromatic nitrogens is 3. The molecule has 0 aromatic carbocycles. The minimum Gasteiger partial charge on any atom is -0.481 e. The zero-order valence-corrected chi connectivity index (χ0v) is 13.5. The Balaban J connectivity index is 2.66. The number of methoxy groups -OCH3 is 1. The maximum Gasteiger partial charge on any atom is 0.215 e. The van der Waals surface area contributed by atoms with E-state index in [0.29, 0.717) is 17.8 Å². The molecule has 0 N–H and O–H groups in total. The third kappa shape index (κ3) is 2.62. The maximum atomic E-state index is 6.30. The number of ether oxygens (including phenoxy) is 1. The third-order valence-electron chi connectivity index (χ3n) is 3.98. The summed E-state index contributed by atoms with van der Waals surface area (Å²) in [6.07, 6.45) is 1.10. The second-order valence-corrected chi connectivity index (χ2v) is 5.93. The number of alkyl halides is 1. The van der Waals surface area contributed by atoms with E-state index in [0.717, 1.165) is 23.4 Å². The number of pyridine rings is 1. The summed E-state index contributed by atoms with van der Waals surface area (Å²) in [5.41, 5.74) is 1.71. The minimum absolute atomic E-state index is 0.151. The van der Waals surface area contributed by atoms with Gasteiger partial charge in [-0.2, -0.15) is 4.98 Å². The quantitative estimate of drug-likeness (QED) is 0.770. The summed E-state index contributed by atoms with van der Waals surface area (Å²) >= 11 is 6.30. The molecular formula is C15H22ClN3O. The van der Waals surface area contributed by atoms with Gasteiger partial charge in [0.2, 0.25) is 5.88 Å². The van der Waals surface area contributed by atoms with Gasteiger partial charge in [-0.3, -0.25) is 0 Å². The molecule has 2 rings (SSSR count). The lowest BCUT2D eigenvalue weighted by atomic mass is 10.0. The summed E-state index contributed by atoms with van der Waals surface area (Å²) in [5.74, 6) is 1.99. The Bertz CT molecular complexity index is 594. The molecule has 0 aliphatic rings. The van der Waals surface area contributed by atoms with Crippen LogP contribution < -0.4 is 4.74 Å². The second kappa shape index (κ2) is 6.00. The maximum absolute atomic E-state index is 6.30. The molecule has 0 amide bonds. The Hall–Kier alpha value is -1.29. The van der Waals surface area contributed by atoms with Crippen molar-refractivity contribution in [2.24, 2.45) is 5.92 Å². The van der Waals surface area contributed by atoms with Crippen LogP contribution in [0.5, 0.6) is 5.88 Å². The van der Waals surface area contributed by atoms with Gasteiger partial charge in [0.05, 0.1) is 12.5 Å². The van der Waals surface area contributed by atoms with Crippen LogP contribution in [0, 0.1) is 5.92 Å². The SMILES string of the molecule is CCC(C)C(C)n1c(C(C)Cl)nc2ccc(OC)nc21. The van der Waals surface area contributed by atoms with Crippen molar-refractivity contribution in [3.05, 3.63) is 18.0 Å². The Morgan fingerprint density at radius 3 is 2.50 bits per heavy atom. The van der Waals surface area contributed by atoms with E-state index in [-0.39, 0.29) is 5.38 Å². The number of rotatable bonds is 5. The number of nitrogens with zero attached hydrogens (tertiary/aromatic N) is 3. The first-order valence-corrected chi connectivity index (χ1v) is 7.50. The van der Waals surface area contributed by atoms with Crippen LogP contribution >= 0.6 is 11.6 Å². The topological polar surface area (TPSA) is 39.9 Å². The van der Waals surface area contributed by atoms with Crippen LogP contribution in [0.1, 0.15) is 51.4 Å². The summed E-state index contributed by atoms with van der Waals surface area (Å²) < 4.78 is 7.38. The molecule has 3 unspecified atom stereocenters. The molecule has 4 nitrogen and oxygen atoms in total. The summed E-state index contributed by atoms with van der Waals surface area (Å²) in [6, 6.07) is 4.06. The number of hydrogen-bond acceptors (Lipinski definition) is 3. The molecule has 3 atom stereocenters. The van der Waals surface area contributed by atoms with E-state index >= 15 is 0 Å². The van der Waals surface area contributed by atoms with Gasteiger partial charge in [0.25, 0.3) is 0 Å². The molecule has 0 bridgehead atoms. The van der Waals surface area contributed by atoms with Crippen LogP contribution in [0.15, 0.2) is 12.1 Å². The van der Waals surface area contributed by atoms with Crippen LogP contribution in [0.2, 0.25) is 0 Å². The Kier molecular flexibility index (Phi) is 4.53. The van der Waals surface area contributed by atoms with Crippen molar-refractivity contribution in [1.82, 2.24) is 14.5 Å². The van der Waals surface area contributed by atoms with E-state index in [9.17, 15) is 0 Å². The van der Waals surface area contributed by atoms with E-state index in [1.54, 1.807) is 7.11 Å². The molecule has 0 fully saturated rings. The fraction of sp³-hybridized carbons (Fsp3) is 0.600. The van der Waals surface area contributed by atoms with Crippen molar-refractivity contribution < 1.29 is 4.74 Å². The average Bonchev–Trinajstić information content (AvgIpc) is 2.83. The van der Waals surface area contributed by atoms with Gasteiger partial charge in [-0.05, 0) is 25.8 Å². The molecule has 0 spiro atoms. The summed E-state index contributed by atoms with van der Waals surface area (Å²) in [7, 11) is 1.62. The molecule has 2 heterocycles. The van der Waals surface area contributed by atoms with Crippen LogP contribution in [-0.2, 0) is 0 Å².